The fourth-order valence-electron chi connectivity index (χ4n) is 3.52. The minimum absolute atomic E-state index is 0.290. The average molecular weight is 338 g/mol. The van der Waals surface area contributed by atoms with Crippen molar-refractivity contribution in [2.24, 2.45) is 0 Å². The Morgan fingerprint density at radius 1 is 1.08 bits per heavy atom. The van der Waals surface area contributed by atoms with Crippen molar-refractivity contribution < 1.29 is 0 Å². The molecule has 1 aromatic carbocycles. The average Bonchev–Trinajstić information content (AvgIpc) is 3.36. The van der Waals surface area contributed by atoms with E-state index in [9.17, 15) is 0 Å². The second-order valence-electron chi connectivity index (χ2n) is 6.65. The Kier molecular flexibility index (Phi) is 4.29. The van der Waals surface area contributed by atoms with E-state index in [1.807, 2.05) is 52.1 Å². The van der Waals surface area contributed by atoms with Gasteiger partial charge in [0.15, 0.2) is 0 Å². The summed E-state index contributed by atoms with van der Waals surface area (Å²) < 4.78 is 3.88. The molecule has 2 aromatic heterocycles. The normalized spacial score (nSPS) is 21.2. The molecule has 25 heavy (non-hydrogen) atoms. The predicted octanol–water partition coefficient (Wildman–Crippen LogP) is 0.846. The van der Waals surface area contributed by atoms with E-state index < -0.39 is 0 Å². The van der Waals surface area contributed by atoms with Crippen molar-refractivity contribution in [3.8, 4) is 5.69 Å². The molecule has 0 unspecified atom stereocenters. The maximum atomic E-state index is 4.25. The maximum absolute atomic E-state index is 4.25. The van der Waals surface area contributed by atoms with Crippen molar-refractivity contribution in [3.63, 3.8) is 0 Å². The summed E-state index contributed by atoms with van der Waals surface area (Å²) in [5, 5.41) is 16.5. The van der Waals surface area contributed by atoms with Crippen LogP contribution >= 0.6 is 0 Å². The maximum Gasteiger partial charge on any atom is 0.0831 e. The monoisotopic (exact) mass is 338 g/mol. The highest BCUT2D eigenvalue weighted by atomic mass is 15.5. The molecule has 0 saturated carbocycles. The van der Waals surface area contributed by atoms with Gasteiger partial charge in [-0.25, -0.2) is 9.36 Å². The molecule has 0 aliphatic carbocycles. The van der Waals surface area contributed by atoms with Crippen molar-refractivity contribution >= 4 is 0 Å². The Hall–Kier alpha value is -2.58. The van der Waals surface area contributed by atoms with Crippen LogP contribution < -0.4 is 0 Å². The first-order valence-corrected chi connectivity index (χ1v) is 8.42. The fraction of sp³-hybridized carbons (Fsp3) is 0.412. The van der Waals surface area contributed by atoms with Gasteiger partial charge in [-0.15, -0.1) is 10.2 Å². The molecule has 0 radical (unpaired) electrons. The Morgan fingerprint density at radius 2 is 1.92 bits per heavy atom. The summed E-state index contributed by atoms with van der Waals surface area (Å²) in [4.78, 5) is 4.69. The van der Waals surface area contributed by atoms with E-state index in [-0.39, 0.29) is 0 Å². The highest BCUT2D eigenvalue weighted by molar-refractivity contribution is 5.31. The number of likely N-dealkylation sites (tertiary alicyclic amines) is 1. The van der Waals surface area contributed by atoms with Crippen molar-refractivity contribution in [3.05, 3.63) is 54.6 Å². The Bertz CT molecular complexity index is 795. The number of benzene rings is 1. The lowest BCUT2D eigenvalue weighted by molar-refractivity contribution is 0.237. The van der Waals surface area contributed by atoms with Crippen LogP contribution in [-0.4, -0.2) is 73.0 Å². The van der Waals surface area contributed by atoms with E-state index >= 15 is 0 Å². The molecule has 1 fully saturated rings. The van der Waals surface area contributed by atoms with Crippen molar-refractivity contribution in [1.29, 1.82) is 0 Å². The Morgan fingerprint density at radius 3 is 2.64 bits per heavy atom. The van der Waals surface area contributed by atoms with Crippen LogP contribution in [0.2, 0.25) is 0 Å². The summed E-state index contributed by atoms with van der Waals surface area (Å²) >= 11 is 0. The summed E-state index contributed by atoms with van der Waals surface area (Å²) in [5.41, 5.74) is 2.12. The van der Waals surface area contributed by atoms with Crippen LogP contribution in [0.15, 0.2) is 48.9 Å². The van der Waals surface area contributed by atoms with E-state index in [1.165, 1.54) is 0 Å². The number of likely N-dealkylation sites (N-methyl/N-ethyl adjacent to an activating group) is 1. The first-order chi connectivity index (χ1) is 12.2. The SMILES string of the molecule is CN(C)[C@@H]1CN(Cc2cnnn2-c2ccccc2)C[C@@H]1n1ccnn1. The first kappa shape index (κ1) is 15.9. The summed E-state index contributed by atoms with van der Waals surface area (Å²) in [5.74, 6) is 0. The van der Waals surface area contributed by atoms with Gasteiger partial charge >= 0.3 is 0 Å². The molecule has 2 atom stereocenters. The molecule has 1 aliphatic rings. The zero-order valence-electron chi connectivity index (χ0n) is 14.5. The second-order valence-corrected chi connectivity index (χ2v) is 6.65. The molecular weight excluding hydrogens is 316 g/mol. The van der Waals surface area contributed by atoms with Gasteiger partial charge in [-0.1, -0.05) is 28.6 Å². The van der Waals surface area contributed by atoms with Crippen molar-refractivity contribution in [2.45, 2.75) is 18.6 Å². The van der Waals surface area contributed by atoms with Gasteiger partial charge in [0.2, 0.25) is 0 Å². The van der Waals surface area contributed by atoms with E-state index in [0.717, 1.165) is 31.0 Å². The van der Waals surface area contributed by atoms with Crippen LogP contribution in [-0.2, 0) is 6.54 Å². The number of aromatic nitrogens is 6. The second kappa shape index (κ2) is 6.73. The molecule has 130 valence electrons. The number of nitrogens with zero attached hydrogens (tertiary/aromatic N) is 8. The van der Waals surface area contributed by atoms with Crippen LogP contribution in [0.1, 0.15) is 11.7 Å². The first-order valence-electron chi connectivity index (χ1n) is 8.42. The van der Waals surface area contributed by atoms with E-state index in [2.05, 4.69) is 44.5 Å². The van der Waals surface area contributed by atoms with Crippen LogP contribution in [0.4, 0.5) is 0 Å². The number of hydrogen-bond donors (Lipinski definition) is 0. The molecule has 0 amide bonds. The molecule has 0 bridgehead atoms. The zero-order chi connectivity index (χ0) is 17.2. The van der Waals surface area contributed by atoms with Crippen molar-refractivity contribution in [2.75, 3.05) is 27.2 Å². The Balaban J connectivity index is 1.54. The third-order valence-corrected chi connectivity index (χ3v) is 4.78. The van der Waals surface area contributed by atoms with E-state index in [4.69, 9.17) is 0 Å². The lowest BCUT2D eigenvalue weighted by Crippen LogP contribution is -2.36. The fourth-order valence-corrected chi connectivity index (χ4v) is 3.52. The number of hydrogen-bond acceptors (Lipinski definition) is 6. The summed E-state index contributed by atoms with van der Waals surface area (Å²) in [6.45, 7) is 2.70. The molecule has 3 aromatic rings. The number of rotatable bonds is 5. The largest absolute Gasteiger partial charge is 0.303 e. The van der Waals surface area contributed by atoms with Gasteiger partial charge in [0.25, 0.3) is 0 Å². The van der Waals surface area contributed by atoms with Gasteiger partial charge in [-0.3, -0.25) is 4.90 Å². The molecule has 0 spiro atoms. The molecule has 1 saturated heterocycles. The molecule has 4 rings (SSSR count). The lowest BCUT2D eigenvalue weighted by atomic mass is 10.1. The van der Waals surface area contributed by atoms with Gasteiger partial charge in [-0.2, -0.15) is 0 Å². The summed E-state index contributed by atoms with van der Waals surface area (Å²) in [6.07, 6.45) is 5.53. The van der Waals surface area contributed by atoms with E-state index in [0.29, 0.717) is 12.1 Å². The quantitative estimate of drug-likeness (QED) is 0.687. The summed E-state index contributed by atoms with van der Waals surface area (Å²) in [6, 6.07) is 10.8. The smallest absolute Gasteiger partial charge is 0.0831 e. The summed E-state index contributed by atoms with van der Waals surface area (Å²) in [7, 11) is 4.24. The Labute approximate surface area is 146 Å². The minimum Gasteiger partial charge on any atom is -0.303 e. The van der Waals surface area contributed by atoms with Gasteiger partial charge in [0.05, 0.1) is 29.8 Å². The zero-order valence-corrected chi connectivity index (χ0v) is 14.5. The molecular formula is C17H22N8. The molecule has 8 heteroatoms. The van der Waals surface area contributed by atoms with Crippen LogP contribution in [0.5, 0.6) is 0 Å². The molecule has 0 N–H and O–H groups in total. The van der Waals surface area contributed by atoms with Gasteiger partial charge in [-0.05, 0) is 26.2 Å². The van der Waals surface area contributed by atoms with Gasteiger partial charge in [0.1, 0.15) is 0 Å². The molecule has 1 aliphatic heterocycles. The third kappa shape index (κ3) is 3.18. The molecule has 8 nitrogen and oxygen atoms in total. The standard InChI is InChI=1S/C17H22N8/c1-22(2)16-12-23(13-17(16)24-9-8-18-20-24)11-15-10-19-21-25(15)14-6-4-3-5-7-14/h3-10,16-17H,11-13H2,1-2H3/t16-,17+/m1/s1. The number of para-hydroxylation sites is 1. The minimum atomic E-state index is 0.290. The topological polar surface area (TPSA) is 67.9 Å². The highest BCUT2D eigenvalue weighted by Gasteiger charge is 2.36. The predicted molar refractivity (Wildman–Crippen MR) is 93.2 cm³/mol. The van der Waals surface area contributed by atoms with E-state index in [1.54, 1.807) is 6.20 Å². The van der Waals surface area contributed by atoms with Crippen LogP contribution in [0, 0.1) is 0 Å². The van der Waals surface area contributed by atoms with Crippen LogP contribution in [0.3, 0.4) is 0 Å². The molecule has 3 heterocycles. The highest BCUT2D eigenvalue weighted by Crippen LogP contribution is 2.26. The van der Waals surface area contributed by atoms with Crippen molar-refractivity contribution in [1.82, 2.24) is 39.8 Å². The lowest BCUT2D eigenvalue weighted by Gasteiger charge is -2.24. The van der Waals surface area contributed by atoms with Gasteiger partial charge in [0, 0.05) is 31.9 Å². The third-order valence-electron chi connectivity index (χ3n) is 4.78. The van der Waals surface area contributed by atoms with Crippen LogP contribution in [0.25, 0.3) is 5.69 Å². The van der Waals surface area contributed by atoms with Gasteiger partial charge < -0.3 is 4.90 Å².